The van der Waals surface area contributed by atoms with Gasteiger partial charge in [-0.05, 0) is 25.0 Å². The van der Waals surface area contributed by atoms with Gasteiger partial charge in [0.15, 0.2) is 5.96 Å². The number of para-hydroxylation sites is 1. The molecule has 4 N–H and O–H groups in total. The van der Waals surface area contributed by atoms with E-state index in [-0.39, 0.29) is 0 Å². The fourth-order valence-corrected chi connectivity index (χ4v) is 2.49. The average Bonchev–Trinajstić information content (AvgIpc) is 2.63. The van der Waals surface area contributed by atoms with E-state index in [1.54, 1.807) is 0 Å². The normalized spacial score (nSPS) is 19.7. The molecule has 1 aliphatic rings. The molecule has 1 aliphatic carbocycles. The lowest BCUT2D eigenvalue weighted by atomic mass is 9.95. The quantitative estimate of drug-likeness (QED) is 0.445. The number of nitrogens with zero attached hydrogens (tertiary/aromatic N) is 1. The largest absolute Gasteiger partial charge is 0.388 e. The molecule has 0 amide bonds. The molecule has 0 aromatic heterocycles. The van der Waals surface area contributed by atoms with Crippen LogP contribution in [0.25, 0.3) is 0 Å². The lowest BCUT2D eigenvalue weighted by Gasteiger charge is -2.24. The van der Waals surface area contributed by atoms with Crippen molar-refractivity contribution in [2.75, 3.05) is 11.9 Å². The van der Waals surface area contributed by atoms with E-state index in [1.807, 2.05) is 30.3 Å². The molecule has 0 heterocycles. The Morgan fingerprint density at radius 2 is 1.79 bits per heavy atom. The summed E-state index contributed by atoms with van der Waals surface area (Å²) in [5, 5.41) is 13.5. The van der Waals surface area contributed by atoms with Crippen LogP contribution in [0.3, 0.4) is 0 Å². The van der Waals surface area contributed by atoms with Gasteiger partial charge >= 0.3 is 0 Å². The van der Waals surface area contributed by atoms with Crippen LogP contribution in [-0.4, -0.2) is 23.2 Å². The van der Waals surface area contributed by atoms with Crippen molar-refractivity contribution in [1.29, 1.82) is 0 Å². The maximum absolute atomic E-state index is 10.5. The smallest absolute Gasteiger partial charge is 0.193 e. The fourth-order valence-electron chi connectivity index (χ4n) is 2.49. The van der Waals surface area contributed by atoms with Crippen molar-refractivity contribution in [1.82, 2.24) is 0 Å². The molecule has 0 aliphatic heterocycles. The standard InChI is InChI=1S/C15H23N3O/c16-14(18-13-8-4-3-5-9-13)17-12-15(19)10-6-1-2-7-11-15/h3-5,8-9,19H,1-2,6-7,10-12H2,(H3,16,17,18). The molecule has 4 nitrogen and oxygen atoms in total. The molecule has 0 bridgehead atoms. The topological polar surface area (TPSA) is 70.6 Å². The summed E-state index contributed by atoms with van der Waals surface area (Å²) >= 11 is 0. The van der Waals surface area contributed by atoms with Crippen molar-refractivity contribution >= 4 is 11.6 Å². The van der Waals surface area contributed by atoms with Crippen LogP contribution in [0.15, 0.2) is 35.3 Å². The Morgan fingerprint density at radius 3 is 2.42 bits per heavy atom. The van der Waals surface area contributed by atoms with Crippen LogP contribution in [0.2, 0.25) is 0 Å². The van der Waals surface area contributed by atoms with Crippen molar-refractivity contribution < 1.29 is 5.11 Å². The number of nitrogens with one attached hydrogen (secondary N) is 1. The van der Waals surface area contributed by atoms with E-state index in [0.717, 1.165) is 31.4 Å². The summed E-state index contributed by atoms with van der Waals surface area (Å²) in [6.45, 7) is 0.388. The molecule has 1 fully saturated rings. The van der Waals surface area contributed by atoms with Crippen molar-refractivity contribution in [3.05, 3.63) is 30.3 Å². The molecule has 19 heavy (non-hydrogen) atoms. The van der Waals surface area contributed by atoms with Crippen molar-refractivity contribution in [2.24, 2.45) is 10.7 Å². The second-order valence-electron chi connectivity index (χ2n) is 5.33. The first-order valence-electron chi connectivity index (χ1n) is 7.02. The van der Waals surface area contributed by atoms with Crippen molar-refractivity contribution in [3.8, 4) is 0 Å². The molecule has 0 atom stereocenters. The van der Waals surface area contributed by atoms with Gasteiger partial charge in [-0.2, -0.15) is 0 Å². The Kier molecular flexibility index (Phi) is 4.80. The lowest BCUT2D eigenvalue weighted by Crippen LogP contribution is -2.34. The molecule has 0 saturated heterocycles. The zero-order valence-corrected chi connectivity index (χ0v) is 11.3. The van der Waals surface area contributed by atoms with Crippen LogP contribution < -0.4 is 11.1 Å². The number of anilines is 1. The van der Waals surface area contributed by atoms with Crippen molar-refractivity contribution in [2.45, 2.75) is 44.1 Å². The van der Waals surface area contributed by atoms with Crippen LogP contribution in [0.5, 0.6) is 0 Å². The Hall–Kier alpha value is -1.55. The molecule has 0 radical (unpaired) electrons. The number of hydrogen-bond donors (Lipinski definition) is 3. The number of rotatable bonds is 3. The first-order valence-corrected chi connectivity index (χ1v) is 7.02. The summed E-state index contributed by atoms with van der Waals surface area (Å²) in [4.78, 5) is 4.29. The monoisotopic (exact) mass is 261 g/mol. The highest BCUT2D eigenvalue weighted by Crippen LogP contribution is 2.27. The summed E-state index contributed by atoms with van der Waals surface area (Å²) < 4.78 is 0. The van der Waals surface area contributed by atoms with E-state index >= 15 is 0 Å². The Balaban J connectivity index is 1.90. The molecule has 0 unspecified atom stereocenters. The average molecular weight is 261 g/mol. The predicted octanol–water partition coefficient (Wildman–Crippen LogP) is 2.50. The maximum Gasteiger partial charge on any atom is 0.193 e. The van der Waals surface area contributed by atoms with Gasteiger partial charge in [0.2, 0.25) is 0 Å². The van der Waals surface area contributed by atoms with E-state index in [2.05, 4.69) is 10.3 Å². The summed E-state index contributed by atoms with van der Waals surface area (Å²) in [5.74, 6) is 0.365. The van der Waals surface area contributed by atoms with Crippen LogP contribution in [0, 0.1) is 0 Å². The van der Waals surface area contributed by atoms with Crippen LogP contribution in [0.1, 0.15) is 38.5 Å². The van der Waals surface area contributed by atoms with Gasteiger partial charge in [-0.25, -0.2) is 0 Å². The number of aliphatic hydroxyl groups is 1. The van der Waals surface area contributed by atoms with Gasteiger partial charge < -0.3 is 16.2 Å². The van der Waals surface area contributed by atoms with Gasteiger partial charge in [0.05, 0.1) is 12.1 Å². The fraction of sp³-hybridized carbons (Fsp3) is 0.533. The first-order chi connectivity index (χ1) is 9.18. The van der Waals surface area contributed by atoms with Crippen LogP contribution in [-0.2, 0) is 0 Å². The van der Waals surface area contributed by atoms with E-state index < -0.39 is 5.60 Å². The molecular formula is C15H23N3O. The summed E-state index contributed by atoms with van der Waals surface area (Å²) in [5.41, 5.74) is 6.09. The number of aliphatic imine (C=N–C) groups is 1. The second kappa shape index (κ2) is 6.57. The lowest BCUT2D eigenvalue weighted by molar-refractivity contribution is 0.0344. The van der Waals surface area contributed by atoms with E-state index in [1.165, 1.54) is 12.8 Å². The minimum absolute atomic E-state index is 0.365. The second-order valence-corrected chi connectivity index (χ2v) is 5.33. The third kappa shape index (κ3) is 4.56. The Bertz CT molecular complexity index is 409. The number of guanidine groups is 1. The van der Waals surface area contributed by atoms with Gasteiger partial charge in [0, 0.05) is 5.69 Å². The third-order valence-corrected chi connectivity index (χ3v) is 3.62. The summed E-state index contributed by atoms with van der Waals surface area (Å²) in [6.07, 6.45) is 6.24. The van der Waals surface area contributed by atoms with Crippen LogP contribution >= 0.6 is 0 Å². The highest BCUT2D eigenvalue weighted by atomic mass is 16.3. The zero-order valence-electron chi connectivity index (χ0n) is 11.3. The van der Waals surface area contributed by atoms with Gasteiger partial charge in [-0.1, -0.05) is 43.9 Å². The highest BCUT2D eigenvalue weighted by molar-refractivity contribution is 5.92. The number of nitrogens with two attached hydrogens (primary N) is 1. The molecule has 0 spiro atoms. The maximum atomic E-state index is 10.5. The van der Waals surface area contributed by atoms with E-state index in [0.29, 0.717) is 12.5 Å². The SMILES string of the molecule is NC(=NCC1(O)CCCCCC1)Nc1ccccc1. The van der Waals surface area contributed by atoms with Gasteiger partial charge in [-0.3, -0.25) is 4.99 Å². The zero-order chi connectivity index (χ0) is 13.6. The Morgan fingerprint density at radius 1 is 1.16 bits per heavy atom. The van der Waals surface area contributed by atoms with Crippen molar-refractivity contribution in [3.63, 3.8) is 0 Å². The van der Waals surface area contributed by atoms with Gasteiger partial charge in [0.1, 0.15) is 0 Å². The molecule has 1 aromatic rings. The third-order valence-electron chi connectivity index (χ3n) is 3.62. The molecular weight excluding hydrogens is 238 g/mol. The van der Waals surface area contributed by atoms with Gasteiger partial charge in [0.25, 0.3) is 0 Å². The molecule has 1 saturated carbocycles. The molecule has 1 aromatic carbocycles. The minimum atomic E-state index is -0.667. The van der Waals surface area contributed by atoms with E-state index in [9.17, 15) is 5.11 Å². The van der Waals surface area contributed by atoms with Gasteiger partial charge in [-0.15, -0.1) is 0 Å². The number of benzene rings is 1. The summed E-state index contributed by atoms with van der Waals surface area (Å²) in [6, 6.07) is 9.70. The molecule has 2 rings (SSSR count). The molecule has 104 valence electrons. The highest BCUT2D eigenvalue weighted by Gasteiger charge is 2.27. The molecule has 4 heteroatoms. The van der Waals surface area contributed by atoms with Crippen LogP contribution in [0.4, 0.5) is 5.69 Å². The minimum Gasteiger partial charge on any atom is -0.388 e. The first kappa shape index (κ1) is 13.9. The number of hydrogen-bond acceptors (Lipinski definition) is 2. The Labute approximate surface area is 114 Å². The predicted molar refractivity (Wildman–Crippen MR) is 79.2 cm³/mol. The van der Waals surface area contributed by atoms with E-state index in [4.69, 9.17) is 5.73 Å². The summed E-state index contributed by atoms with van der Waals surface area (Å²) in [7, 11) is 0.